The van der Waals surface area contributed by atoms with Gasteiger partial charge in [0.25, 0.3) is 9.05 Å². The molecular formula is C17H18Cl2N4O6S. The highest BCUT2D eigenvalue weighted by molar-refractivity contribution is 8.13. The van der Waals surface area contributed by atoms with Crippen molar-refractivity contribution in [2.45, 2.75) is 18.6 Å². The highest BCUT2D eigenvalue weighted by Gasteiger charge is 2.21. The maximum absolute atomic E-state index is 11.9. The van der Waals surface area contributed by atoms with Crippen LogP contribution in [-0.2, 0) is 30.0 Å². The molecule has 162 valence electrons. The summed E-state index contributed by atoms with van der Waals surface area (Å²) in [5, 5.41) is 4.10. The minimum absolute atomic E-state index is 0.0487. The number of carbonyl (C=O) groups excluding carboxylic acids is 1. The number of hydrogen-bond donors (Lipinski definition) is 0. The van der Waals surface area contributed by atoms with Gasteiger partial charge in [-0.25, -0.2) is 22.9 Å². The van der Waals surface area contributed by atoms with Crippen molar-refractivity contribution in [1.82, 2.24) is 19.3 Å². The van der Waals surface area contributed by atoms with Gasteiger partial charge in [-0.3, -0.25) is 4.57 Å². The van der Waals surface area contributed by atoms with Crippen LogP contribution in [0.4, 0.5) is 0 Å². The molecule has 0 aliphatic heterocycles. The Morgan fingerprint density at radius 1 is 1.27 bits per heavy atom. The fourth-order valence-electron chi connectivity index (χ4n) is 2.65. The zero-order valence-electron chi connectivity index (χ0n) is 16.0. The van der Waals surface area contributed by atoms with E-state index in [1.54, 1.807) is 18.6 Å². The Balaban J connectivity index is 2.10. The van der Waals surface area contributed by atoms with Crippen LogP contribution in [0.15, 0.2) is 29.4 Å². The predicted octanol–water partition coefficient (Wildman–Crippen LogP) is 2.60. The molecule has 13 heteroatoms. The highest BCUT2D eigenvalue weighted by atomic mass is 35.7. The Hall–Kier alpha value is -2.18. The van der Waals surface area contributed by atoms with E-state index in [0.29, 0.717) is 24.2 Å². The molecular weight excluding hydrogens is 459 g/mol. The van der Waals surface area contributed by atoms with E-state index < -0.39 is 15.0 Å². The summed E-state index contributed by atoms with van der Waals surface area (Å²) in [7, 11) is 2.94. The maximum Gasteiger partial charge on any atom is 0.341 e. The van der Waals surface area contributed by atoms with Gasteiger partial charge in [-0.05, 0) is 19.1 Å². The first-order chi connectivity index (χ1) is 14.3. The van der Waals surface area contributed by atoms with Gasteiger partial charge in [0.15, 0.2) is 0 Å². The molecule has 1 aromatic carbocycles. The quantitative estimate of drug-likeness (QED) is 0.263. The molecule has 3 aromatic rings. The zero-order valence-corrected chi connectivity index (χ0v) is 18.4. The van der Waals surface area contributed by atoms with Crippen molar-refractivity contribution in [3.8, 4) is 5.95 Å². The minimum atomic E-state index is -4.07. The van der Waals surface area contributed by atoms with Crippen molar-refractivity contribution in [2.24, 2.45) is 0 Å². The molecule has 0 N–H and O–H groups in total. The van der Waals surface area contributed by atoms with Crippen molar-refractivity contribution >= 4 is 48.3 Å². The Morgan fingerprint density at radius 2 is 2.03 bits per heavy atom. The van der Waals surface area contributed by atoms with Crippen LogP contribution in [0.1, 0.15) is 17.3 Å². The topological polar surface area (TPSA) is 115 Å². The molecule has 0 aliphatic carbocycles. The summed E-state index contributed by atoms with van der Waals surface area (Å²) in [6.45, 7) is 2.67. The third-order valence-electron chi connectivity index (χ3n) is 4.00. The van der Waals surface area contributed by atoms with Gasteiger partial charge in [0, 0.05) is 24.0 Å². The fourth-order valence-corrected chi connectivity index (χ4v) is 4.16. The van der Waals surface area contributed by atoms with Crippen molar-refractivity contribution in [3.05, 3.63) is 35.1 Å². The van der Waals surface area contributed by atoms with Gasteiger partial charge in [-0.15, -0.1) is 0 Å². The van der Waals surface area contributed by atoms with E-state index in [-0.39, 0.29) is 34.8 Å². The summed E-state index contributed by atoms with van der Waals surface area (Å²) < 4.78 is 42.1. The molecule has 0 saturated carbocycles. The molecule has 2 aromatic heterocycles. The van der Waals surface area contributed by atoms with Crippen LogP contribution in [0.3, 0.4) is 0 Å². The van der Waals surface area contributed by atoms with Crippen LogP contribution in [0.5, 0.6) is 0 Å². The summed E-state index contributed by atoms with van der Waals surface area (Å²) in [4.78, 5) is 16.1. The average Bonchev–Trinajstić information content (AvgIpc) is 3.29. The van der Waals surface area contributed by atoms with E-state index >= 15 is 0 Å². The molecule has 2 heterocycles. The number of methoxy groups -OCH3 is 1. The summed E-state index contributed by atoms with van der Waals surface area (Å²) in [6, 6.07) is 2.70. The van der Waals surface area contributed by atoms with Gasteiger partial charge in [0.2, 0.25) is 5.95 Å². The van der Waals surface area contributed by atoms with Gasteiger partial charge < -0.3 is 14.2 Å². The maximum atomic E-state index is 11.9. The van der Waals surface area contributed by atoms with Crippen molar-refractivity contribution in [1.29, 1.82) is 0 Å². The largest absolute Gasteiger partial charge is 0.462 e. The second kappa shape index (κ2) is 9.31. The van der Waals surface area contributed by atoms with Gasteiger partial charge >= 0.3 is 5.97 Å². The molecule has 0 saturated heterocycles. The number of ether oxygens (including phenoxy) is 3. The number of fused-ring (bicyclic) bond motifs is 1. The molecule has 0 atom stereocenters. The molecule has 0 unspecified atom stereocenters. The van der Waals surface area contributed by atoms with Crippen molar-refractivity contribution in [2.75, 3.05) is 26.9 Å². The van der Waals surface area contributed by atoms with Crippen LogP contribution in [0.25, 0.3) is 17.0 Å². The van der Waals surface area contributed by atoms with Gasteiger partial charge in [0.05, 0.1) is 47.6 Å². The molecule has 0 radical (unpaired) electrons. The summed E-state index contributed by atoms with van der Waals surface area (Å²) in [5.41, 5.74) is 1.03. The normalized spacial score (nSPS) is 11.9. The average molecular weight is 477 g/mol. The van der Waals surface area contributed by atoms with E-state index in [1.807, 2.05) is 0 Å². The van der Waals surface area contributed by atoms with Crippen LogP contribution in [-0.4, -0.2) is 60.6 Å². The second-order valence-corrected chi connectivity index (χ2v) is 8.91. The fraction of sp³-hybridized carbons (Fsp3) is 0.353. The number of esters is 1. The summed E-state index contributed by atoms with van der Waals surface area (Å²) in [6.07, 6.45) is 2.79. The van der Waals surface area contributed by atoms with Gasteiger partial charge in [0.1, 0.15) is 11.6 Å². The van der Waals surface area contributed by atoms with Crippen LogP contribution in [0, 0.1) is 0 Å². The molecule has 0 amide bonds. The first-order valence-electron chi connectivity index (χ1n) is 8.69. The number of carbonyl (C=O) groups is 1. The van der Waals surface area contributed by atoms with Gasteiger partial charge in [-0.2, -0.15) is 5.10 Å². The smallest absolute Gasteiger partial charge is 0.341 e. The Bertz CT molecular complexity index is 1170. The molecule has 10 nitrogen and oxygen atoms in total. The van der Waals surface area contributed by atoms with Crippen LogP contribution < -0.4 is 0 Å². The van der Waals surface area contributed by atoms with Crippen LogP contribution >= 0.6 is 22.3 Å². The number of rotatable bonds is 9. The van der Waals surface area contributed by atoms with Crippen molar-refractivity contribution < 1.29 is 27.4 Å². The lowest BCUT2D eigenvalue weighted by Crippen LogP contribution is -2.12. The molecule has 3 rings (SSSR count). The van der Waals surface area contributed by atoms with Crippen LogP contribution in [0.2, 0.25) is 5.02 Å². The molecule has 0 aliphatic rings. The predicted molar refractivity (Wildman–Crippen MR) is 109 cm³/mol. The van der Waals surface area contributed by atoms with E-state index in [4.69, 9.17) is 36.5 Å². The second-order valence-electron chi connectivity index (χ2n) is 5.97. The van der Waals surface area contributed by atoms with E-state index in [1.165, 1.54) is 29.2 Å². The van der Waals surface area contributed by atoms with E-state index in [0.717, 1.165) is 0 Å². The SMILES string of the molecule is CCOC(=O)c1cnn(-c2nc3cc(S(=O)(=O)Cl)c(Cl)cc3n2COCCOC)c1. The lowest BCUT2D eigenvalue weighted by molar-refractivity contribution is 0.0356. The number of hydrogen-bond acceptors (Lipinski definition) is 8. The molecule has 0 fully saturated rings. The number of aromatic nitrogens is 4. The monoisotopic (exact) mass is 476 g/mol. The lowest BCUT2D eigenvalue weighted by Gasteiger charge is -2.10. The number of benzene rings is 1. The minimum Gasteiger partial charge on any atom is -0.462 e. The number of imidazole rings is 1. The Labute approximate surface area is 181 Å². The Kier molecular flexibility index (Phi) is 6.98. The highest BCUT2D eigenvalue weighted by Crippen LogP contribution is 2.31. The summed E-state index contributed by atoms with van der Waals surface area (Å²) in [5.74, 6) is -0.250. The van der Waals surface area contributed by atoms with Crippen molar-refractivity contribution in [3.63, 3.8) is 0 Å². The first kappa shape index (κ1) is 22.5. The molecule has 0 spiro atoms. The zero-order chi connectivity index (χ0) is 21.9. The van der Waals surface area contributed by atoms with E-state index in [2.05, 4.69) is 10.1 Å². The first-order valence-corrected chi connectivity index (χ1v) is 11.4. The Morgan fingerprint density at radius 3 is 2.70 bits per heavy atom. The van der Waals surface area contributed by atoms with Gasteiger partial charge in [-0.1, -0.05) is 11.6 Å². The van der Waals surface area contributed by atoms with E-state index in [9.17, 15) is 13.2 Å². The third kappa shape index (κ3) is 4.76. The summed E-state index contributed by atoms with van der Waals surface area (Å²) >= 11 is 6.13. The lowest BCUT2D eigenvalue weighted by atomic mass is 10.3. The molecule has 30 heavy (non-hydrogen) atoms. The third-order valence-corrected chi connectivity index (χ3v) is 5.78. The standard InChI is InChI=1S/C17H18Cl2N4O6S/c1-3-29-16(24)11-8-20-23(9-11)17-21-13-7-15(30(19,25)26)12(18)6-14(13)22(17)10-28-5-4-27-2/h6-9H,3-5,10H2,1-2H3. The number of nitrogens with zero attached hydrogens (tertiary/aromatic N) is 4. The number of halogens is 2. The molecule has 0 bridgehead atoms.